The van der Waals surface area contributed by atoms with Gasteiger partial charge >= 0.3 is 0 Å². The van der Waals surface area contributed by atoms with Crippen molar-refractivity contribution in [1.29, 1.82) is 0 Å². The first kappa shape index (κ1) is 13.7. The largest absolute Gasteiger partial charge is 0.354 e. The smallest absolute Gasteiger partial charge is 0.270 e. The molecule has 4 heteroatoms. The summed E-state index contributed by atoms with van der Waals surface area (Å²) >= 11 is 0. The predicted octanol–water partition coefficient (Wildman–Crippen LogP) is 1.92. The number of aromatic nitrogens is 1. The van der Waals surface area contributed by atoms with Gasteiger partial charge in [0.05, 0.1) is 0 Å². The summed E-state index contributed by atoms with van der Waals surface area (Å²) in [6, 6.07) is 2.11. The van der Waals surface area contributed by atoms with Crippen molar-refractivity contribution < 1.29 is 4.79 Å². The van der Waals surface area contributed by atoms with Gasteiger partial charge in [-0.1, -0.05) is 13.3 Å². The third kappa shape index (κ3) is 2.62. The van der Waals surface area contributed by atoms with E-state index < -0.39 is 0 Å². The zero-order valence-corrected chi connectivity index (χ0v) is 12.6. The van der Waals surface area contributed by atoms with Crippen molar-refractivity contribution in [2.45, 2.75) is 32.6 Å². The maximum atomic E-state index is 12.6. The van der Waals surface area contributed by atoms with Crippen LogP contribution in [0.2, 0.25) is 0 Å². The van der Waals surface area contributed by atoms with Gasteiger partial charge in [-0.3, -0.25) is 4.79 Å². The molecule has 0 saturated carbocycles. The first-order valence-electron chi connectivity index (χ1n) is 7.86. The van der Waals surface area contributed by atoms with Gasteiger partial charge in [0, 0.05) is 31.9 Å². The van der Waals surface area contributed by atoms with Gasteiger partial charge in [-0.15, -0.1) is 0 Å². The van der Waals surface area contributed by atoms with Crippen LogP contribution >= 0.6 is 0 Å². The van der Waals surface area contributed by atoms with Crippen LogP contribution in [0.3, 0.4) is 0 Å². The van der Waals surface area contributed by atoms with Crippen LogP contribution in [0, 0.1) is 5.92 Å². The van der Waals surface area contributed by atoms with E-state index in [0.717, 1.165) is 50.6 Å². The summed E-state index contributed by atoms with van der Waals surface area (Å²) in [7, 11) is 2.11. The summed E-state index contributed by atoms with van der Waals surface area (Å²) in [6.07, 6.45) is 4.74. The third-order valence-electron chi connectivity index (χ3n) is 4.90. The lowest BCUT2D eigenvalue weighted by Gasteiger charge is -2.32. The van der Waals surface area contributed by atoms with Crippen LogP contribution in [0.5, 0.6) is 0 Å². The number of hydrogen-bond donors (Lipinski definition) is 1. The monoisotopic (exact) mass is 275 g/mol. The lowest BCUT2D eigenvalue weighted by Crippen LogP contribution is -2.47. The van der Waals surface area contributed by atoms with Crippen molar-refractivity contribution in [2.24, 2.45) is 5.92 Å². The summed E-state index contributed by atoms with van der Waals surface area (Å²) in [6.45, 7) is 5.90. The molecule has 0 bridgehead atoms. The number of hydrogen-bond acceptors (Lipinski definition) is 2. The summed E-state index contributed by atoms with van der Waals surface area (Å²) < 4.78 is 0. The summed E-state index contributed by atoms with van der Waals surface area (Å²) in [5.41, 5.74) is 3.48. The molecule has 1 amide bonds. The quantitative estimate of drug-likeness (QED) is 0.895. The van der Waals surface area contributed by atoms with Gasteiger partial charge in [0.15, 0.2) is 0 Å². The van der Waals surface area contributed by atoms with Crippen molar-refractivity contribution in [3.63, 3.8) is 0 Å². The van der Waals surface area contributed by atoms with Gasteiger partial charge in [-0.2, -0.15) is 0 Å². The molecule has 1 aromatic heterocycles. The molecule has 0 spiro atoms. The van der Waals surface area contributed by atoms with Gasteiger partial charge in [0.1, 0.15) is 5.69 Å². The topological polar surface area (TPSA) is 39.3 Å². The lowest BCUT2D eigenvalue weighted by molar-refractivity contribution is 0.0658. The fourth-order valence-electron chi connectivity index (χ4n) is 3.35. The average Bonchev–Trinajstić information content (AvgIpc) is 2.90. The number of H-pyrrole nitrogens is 1. The highest BCUT2D eigenvalue weighted by Gasteiger charge is 2.25. The summed E-state index contributed by atoms with van der Waals surface area (Å²) in [4.78, 5) is 20.2. The SMILES string of the molecule is CCC1CCc2[nH]c(C(=O)N3CCN(C)CC3)cc2C1. The van der Waals surface area contributed by atoms with E-state index in [1.54, 1.807) is 0 Å². The van der Waals surface area contributed by atoms with Crippen molar-refractivity contribution in [1.82, 2.24) is 14.8 Å². The number of nitrogens with one attached hydrogen (secondary N) is 1. The van der Waals surface area contributed by atoms with Crippen LogP contribution < -0.4 is 0 Å². The molecule has 20 heavy (non-hydrogen) atoms. The molecule has 3 rings (SSSR count). The fraction of sp³-hybridized carbons (Fsp3) is 0.688. The minimum Gasteiger partial charge on any atom is -0.354 e. The Labute approximate surface area is 121 Å². The Morgan fingerprint density at radius 3 is 2.80 bits per heavy atom. The van der Waals surface area contributed by atoms with Crippen LogP contribution in [0.1, 0.15) is 41.5 Å². The summed E-state index contributed by atoms with van der Waals surface area (Å²) in [5.74, 6) is 0.977. The van der Waals surface area contributed by atoms with Gasteiger partial charge in [-0.05, 0) is 43.9 Å². The number of fused-ring (bicyclic) bond motifs is 1. The number of aryl methyl sites for hydroxylation is 1. The average molecular weight is 275 g/mol. The second-order valence-electron chi connectivity index (χ2n) is 6.30. The van der Waals surface area contributed by atoms with E-state index in [0.29, 0.717) is 0 Å². The Morgan fingerprint density at radius 2 is 2.10 bits per heavy atom. The number of aromatic amines is 1. The standard InChI is InChI=1S/C16H25N3O/c1-3-12-4-5-14-13(10-12)11-15(17-14)16(20)19-8-6-18(2)7-9-19/h11-12,17H,3-10H2,1-2H3. The minimum absolute atomic E-state index is 0.181. The molecule has 1 aliphatic carbocycles. The highest BCUT2D eigenvalue weighted by Crippen LogP contribution is 2.28. The first-order valence-corrected chi connectivity index (χ1v) is 7.86. The summed E-state index contributed by atoms with van der Waals surface area (Å²) in [5, 5.41) is 0. The normalized spacial score (nSPS) is 23.7. The van der Waals surface area contributed by atoms with Crippen LogP contribution in [-0.2, 0) is 12.8 Å². The van der Waals surface area contributed by atoms with Crippen molar-refractivity contribution >= 4 is 5.91 Å². The first-order chi connectivity index (χ1) is 9.67. The van der Waals surface area contributed by atoms with Crippen molar-refractivity contribution in [2.75, 3.05) is 33.2 Å². The second kappa shape index (κ2) is 5.60. The number of nitrogens with zero attached hydrogens (tertiary/aromatic N) is 2. The second-order valence-corrected chi connectivity index (χ2v) is 6.30. The Kier molecular flexibility index (Phi) is 3.83. The molecule has 0 aromatic carbocycles. The van der Waals surface area contributed by atoms with Crippen LogP contribution in [-0.4, -0.2) is 53.9 Å². The third-order valence-corrected chi connectivity index (χ3v) is 4.90. The molecule has 2 aliphatic rings. The Morgan fingerprint density at radius 1 is 1.35 bits per heavy atom. The molecule has 1 aliphatic heterocycles. The fourth-order valence-corrected chi connectivity index (χ4v) is 3.35. The number of likely N-dealkylation sites (N-methyl/N-ethyl adjacent to an activating group) is 1. The van der Waals surface area contributed by atoms with E-state index in [-0.39, 0.29) is 5.91 Å². The molecule has 1 fully saturated rings. The van der Waals surface area contributed by atoms with Crippen LogP contribution in [0.4, 0.5) is 0 Å². The van der Waals surface area contributed by atoms with E-state index in [4.69, 9.17) is 0 Å². The van der Waals surface area contributed by atoms with E-state index in [1.165, 1.54) is 24.1 Å². The lowest BCUT2D eigenvalue weighted by atomic mass is 9.86. The highest BCUT2D eigenvalue weighted by molar-refractivity contribution is 5.93. The Balaban J connectivity index is 1.72. The minimum atomic E-state index is 0.181. The van der Waals surface area contributed by atoms with Gasteiger partial charge < -0.3 is 14.8 Å². The molecule has 1 saturated heterocycles. The van der Waals surface area contributed by atoms with Crippen molar-refractivity contribution in [3.8, 4) is 0 Å². The molecular weight excluding hydrogens is 250 g/mol. The van der Waals surface area contributed by atoms with E-state index in [9.17, 15) is 4.79 Å². The van der Waals surface area contributed by atoms with Crippen LogP contribution in [0.15, 0.2) is 6.07 Å². The van der Waals surface area contributed by atoms with E-state index in [2.05, 4.69) is 29.9 Å². The maximum Gasteiger partial charge on any atom is 0.270 e. The molecule has 110 valence electrons. The molecule has 1 N–H and O–H groups in total. The van der Waals surface area contributed by atoms with Gasteiger partial charge in [-0.25, -0.2) is 0 Å². The number of rotatable bonds is 2. The maximum absolute atomic E-state index is 12.6. The zero-order valence-electron chi connectivity index (χ0n) is 12.6. The number of carbonyl (C=O) groups excluding carboxylic acids is 1. The molecule has 1 atom stereocenters. The van der Waals surface area contributed by atoms with Crippen molar-refractivity contribution in [3.05, 3.63) is 23.0 Å². The molecule has 2 heterocycles. The number of piperazine rings is 1. The predicted molar refractivity (Wildman–Crippen MR) is 80.0 cm³/mol. The number of amides is 1. The molecule has 0 radical (unpaired) electrons. The van der Waals surface area contributed by atoms with Gasteiger partial charge in [0.2, 0.25) is 0 Å². The molecule has 4 nitrogen and oxygen atoms in total. The zero-order chi connectivity index (χ0) is 14.1. The molecule has 1 unspecified atom stereocenters. The van der Waals surface area contributed by atoms with E-state index >= 15 is 0 Å². The Bertz CT molecular complexity index is 486. The highest BCUT2D eigenvalue weighted by atomic mass is 16.2. The van der Waals surface area contributed by atoms with Gasteiger partial charge in [0.25, 0.3) is 5.91 Å². The molecular formula is C16H25N3O. The molecule has 1 aromatic rings. The van der Waals surface area contributed by atoms with Crippen LogP contribution in [0.25, 0.3) is 0 Å². The Hall–Kier alpha value is -1.29. The van der Waals surface area contributed by atoms with E-state index in [1.807, 2.05) is 4.90 Å². The number of carbonyl (C=O) groups is 1.